The van der Waals surface area contributed by atoms with Crippen molar-refractivity contribution in [1.82, 2.24) is 0 Å². The summed E-state index contributed by atoms with van der Waals surface area (Å²) in [6.07, 6.45) is 8.32. The van der Waals surface area contributed by atoms with Crippen molar-refractivity contribution in [2.24, 2.45) is 5.92 Å². The highest BCUT2D eigenvalue weighted by molar-refractivity contribution is 5.99. The first-order valence-electron chi connectivity index (χ1n) is 7.38. The smallest absolute Gasteiger partial charge is 0.166 e. The molecule has 2 nitrogen and oxygen atoms in total. The van der Waals surface area contributed by atoms with Crippen molar-refractivity contribution < 1.29 is 9.53 Å². The Hall–Kier alpha value is -1.31. The molecule has 19 heavy (non-hydrogen) atoms. The van der Waals surface area contributed by atoms with Crippen molar-refractivity contribution >= 4 is 5.78 Å². The summed E-state index contributed by atoms with van der Waals surface area (Å²) in [6.45, 7) is 2.02. The molecule has 1 aromatic carbocycles. The fraction of sp³-hybridized carbons (Fsp3) is 0.588. The van der Waals surface area contributed by atoms with Crippen molar-refractivity contribution in [2.45, 2.75) is 51.9 Å². The predicted octanol–water partition coefficient (Wildman–Crippen LogP) is 4.55. The van der Waals surface area contributed by atoms with Crippen molar-refractivity contribution in [1.29, 1.82) is 0 Å². The Morgan fingerprint density at radius 1 is 1.21 bits per heavy atom. The molecular formula is C17H24O2. The van der Waals surface area contributed by atoms with Gasteiger partial charge in [0.15, 0.2) is 5.78 Å². The van der Waals surface area contributed by atoms with Gasteiger partial charge in [0.25, 0.3) is 0 Å². The predicted molar refractivity (Wildman–Crippen MR) is 77.9 cm³/mol. The minimum absolute atomic E-state index is 0.243. The Morgan fingerprint density at radius 2 is 1.89 bits per heavy atom. The average Bonchev–Trinajstić information content (AvgIpc) is 2.67. The van der Waals surface area contributed by atoms with Crippen molar-refractivity contribution in [3.8, 4) is 5.75 Å². The molecule has 104 valence electrons. The van der Waals surface area contributed by atoms with Crippen LogP contribution in [0, 0.1) is 12.8 Å². The number of hydrogen-bond donors (Lipinski definition) is 0. The van der Waals surface area contributed by atoms with Gasteiger partial charge in [-0.3, -0.25) is 4.79 Å². The topological polar surface area (TPSA) is 26.3 Å². The normalized spacial score (nSPS) is 16.9. The third-order valence-corrected chi connectivity index (χ3v) is 4.10. The van der Waals surface area contributed by atoms with Crippen LogP contribution in [0.2, 0.25) is 0 Å². The fourth-order valence-electron chi connectivity index (χ4n) is 2.98. The number of rotatable bonds is 4. The number of ketones is 1. The molecule has 0 bridgehead atoms. The molecule has 0 aromatic heterocycles. The first-order chi connectivity index (χ1) is 9.20. The molecule has 2 rings (SSSR count). The highest BCUT2D eigenvalue weighted by atomic mass is 16.5. The lowest BCUT2D eigenvalue weighted by molar-refractivity contribution is 0.0954. The molecule has 0 heterocycles. The van der Waals surface area contributed by atoms with E-state index in [1.807, 2.05) is 25.1 Å². The van der Waals surface area contributed by atoms with Crippen LogP contribution >= 0.6 is 0 Å². The van der Waals surface area contributed by atoms with Gasteiger partial charge in [-0.2, -0.15) is 0 Å². The highest BCUT2D eigenvalue weighted by Crippen LogP contribution is 2.29. The maximum atomic E-state index is 12.5. The minimum Gasteiger partial charge on any atom is -0.496 e. The zero-order valence-electron chi connectivity index (χ0n) is 12.1. The second-order valence-electron chi connectivity index (χ2n) is 5.69. The molecule has 1 aliphatic rings. The molecule has 0 amide bonds. The standard InChI is InChI=1S/C17H24O2/c1-13-9-10-17(19-2)15(11-13)16(18)12-14-7-5-3-4-6-8-14/h9-11,14H,3-8,12H2,1-2H3. The zero-order valence-corrected chi connectivity index (χ0v) is 12.1. The Morgan fingerprint density at radius 3 is 2.53 bits per heavy atom. The van der Waals surface area contributed by atoms with Gasteiger partial charge in [0.05, 0.1) is 12.7 Å². The van der Waals surface area contributed by atoms with E-state index >= 15 is 0 Å². The number of carbonyl (C=O) groups is 1. The quantitative estimate of drug-likeness (QED) is 0.586. The van der Waals surface area contributed by atoms with Crippen LogP contribution in [0.25, 0.3) is 0 Å². The lowest BCUT2D eigenvalue weighted by Crippen LogP contribution is -2.10. The van der Waals surface area contributed by atoms with Crippen molar-refractivity contribution in [3.05, 3.63) is 29.3 Å². The van der Waals surface area contributed by atoms with Crippen molar-refractivity contribution in [3.63, 3.8) is 0 Å². The lowest BCUT2D eigenvalue weighted by Gasteiger charge is -2.14. The Bertz CT molecular complexity index is 429. The van der Waals surface area contributed by atoms with Gasteiger partial charge in [0, 0.05) is 6.42 Å². The largest absolute Gasteiger partial charge is 0.496 e. The molecule has 0 N–H and O–H groups in total. The first kappa shape index (κ1) is 14.1. The molecule has 1 aliphatic carbocycles. The Labute approximate surface area is 116 Å². The molecule has 0 saturated heterocycles. The summed E-state index contributed by atoms with van der Waals surface area (Å²) in [5, 5.41) is 0. The van der Waals surface area contributed by atoms with Gasteiger partial charge in [0.2, 0.25) is 0 Å². The zero-order chi connectivity index (χ0) is 13.7. The number of hydrogen-bond acceptors (Lipinski definition) is 2. The van der Waals surface area contributed by atoms with Crippen LogP contribution in [0.1, 0.15) is 60.9 Å². The van der Waals surface area contributed by atoms with Crippen LogP contribution in [-0.2, 0) is 0 Å². The molecule has 1 saturated carbocycles. The van der Waals surface area contributed by atoms with E-state index in [0.717, 1.165) is 11.1 Å². The SMILES string of the molecule is COc1ccc(C)cc1C(=O)CC1CCCCCC1. The van der Waals surface area contributed by atoms with E-state index in [1.54, 1.807) is 7.11 Å². The van der Waals surface area contributed by atoms with Gasteiger partial charge < -0.3 is 4.74 Å². The molecular weight excluding hydrogens is 236 g/mol. The fourth-order valence-corrected chi connectivity index (χ4v) is 2.98. The van der Waals surface area contributed by atoms with Crippen LogP contribution in [0.3, 0.4) is 0 Å². The van der Waals surface area contributed by atoms with E-state index in [2.05, 4.69) is 0 Å². The summed E-state index contributed by atoms with van der Waals surface area (Å²) < 4.78 is 5.31. The maximum Gasteiger partial charge on any atom is 0.166 e. The van der Waals surface area contributed by atoms with Gasteiger partial charge >= 0.3 is 0 Å². The first-order valence-corrected chi connectivity index (χ1v) is 7.38. The van der Waals surface area contributed by atoms with Crippen LogP contribution in [-0.4, -0.2) is 12.9 Å². The number of Topliss-reactive ketones (excluding diaryl/α,β-unsaturated/α-hetero) is 1. The molecule has 2 heteroatoms. The van der Waals surface area contributed by atoms with Gasteiger partial charge in [0.1, 0.15) is 5.75 Å². The summed E-state index contributed by atoms with van der Waals surface area (Å²) >= 11 is 0. The molecule has 0 radical (unpaired) electrons. The van der Waals surface area contributed by atoms with Gasteiger partial charge in [-0.05, 0) is 25.0 Å². The van der Waals surface area contributed by atoms with E-state index < -0.39 is 0 Å². The molecule has 1 aromatic rings. The van der Waals surface area contributed by atoms with Gasteiger partial charge in [-0.25, -0.2) is 0 Å². The summed E-state index contributed by atoms with van der Waals surface area (Å²) in [5.74, 6) is 1.52. The average molecular weight is 260 g/mol. The van der Waals surface area contributed by atoms with Crippen LogP contribution < -0.4 is 4.74 Å². The summed E-state index contributed by atoms with van der Waals surface area (Å²) in [7, 11) is 1.63. The van der Waals surface area contributed by atoms with E-state index in [1.165, 1.54) is 38.5 Å². The molecule has 0 unspecified atom stereocenters. The second kappa shape index (κ2) is 6.74. The summed E-state index contributed by atoms with van der Waals surface area (Å²) in [4.78, 5) is 12.5. The summed E-state index contributed by atoms with van der Waals surface area (Å²) in [6, 6.07) is 5.84. The van der Waals surface area contributed by atoms with E-state index in [4.69, 9.17) is 4.74 Å². The number of methoxy groups -OCH3 is 1. The van der Waals surface area contributed by atoms with Crippen LogP contribution in [0.4, 0.5) is 0 Å². The second-order valence-corrected chi connectivity index (χ2v) is 5.69. The lowest BCUT2D eigenvalue weighted by atomic mass is 9.91. The molecule has 0 spiro atoms. The number of carbonyl (C=O) groups excluding carboxylic acids is 1. The van der Waals surface area contributed by atoms with E-state index in [9.17, 15) is 4.79 Å². The number of ether oxygens (including phenoxy) is 1. The Kier molecular flexibility index (Phi) is 5.00. The summed E-state index contributed by atoms with van der Waals surface area (Å²) in [5.41, 5.74) is 1.87. The Balaban J connectivity index is 2.08. The number of benzene rings is 1. The number of aryl methyl sites for hydroxylation is 1. The highest BCUT2D eigenvalue weighted by Gasteiger charge is 2.19. The molecule has 0 atom stereocenters. The van der Waals surface area contributed by atoms with Crippen LogP contribution in [0.15, 0.2) is 18.2 Å². The monoisotopic (exact) mass is 260 g/mol. The minimum atomic E-state index is 0.243. The van der Waals surface area contributed by atoms with E-state index in [0.29, 0.717) is 18.1 Å². The third-order valence-electron chi connectivity index (χ3n) is 4.10. The van der Waals surface area contributed by atoms with Crippen molar-refractivity contribution in [2.75, 3.05) is 7.11 Å². The maximum absolute atomic E-state index is 12.5. The van der Waals surface area contributed by atoms with Crippen LogP contribution in [0.5, 0.6) is 5.75 Å². The molecule has 0 aliphatic heterocycles. The van der Waals surface area contributed by atoms with E-state index in [-0.39, 0.29) is 5.78 Å². The molecule has 1 fully saturated rings. The van der Waals surface area contributed by atoms with Gasteiger partial charge in [-0.1, -0.05) is 50.2 Å². The third kappa shape index (κ3) is 3.82. The van der Waals surface area contributed by atoms with Gasteiger partial charge in [-0.15, -0.1) is 0 Å².